The van der Waals surface area contributed by atoms with E-state index in [2.05, 4.69) is 15.3 Å². The normalized spacial score (nSPS) is 16.8. The molecule has 0 radical (unpaired) electrons. The van der Waals surface area contributed by atoms with Gasteiger partial charge in [-0.3, -0.25) is 0 Å². The van der Waals surface area contributed by atoms with E-state index in [1.54, 1.807) is 7.11 Å². The van der Waals surface area contributed by atoms with Crippen LogP contribution in [0.1, 0.15) is 18.7 Å². The molecule has 1 aromatic rings. The highest BCUT2D eigenvalue weighted by molar-refractivity contribution is 7.99. The van der Waals surface area contributed by atoms with Crippen LogP contribution in [0.5, 0.6) is 0 Å². The van der Waals surface area contributed by atoms with E-state index in [1.807, 2.05) is 24.9 Å². The summed E-state index contributed by atoms with van der Waals surface area (Å²) in [6.07, 6.45) is 2.17. The Hall–Kier alpha value is -0.850. The number of nitrogens with zero attached hydrogens (tertiary/aromatic N) is 2. The third-order valence-electron chi connectivity index (χ3n) is 2.73. The van der Waals surface area contributed by atoms with Crippen molar-refractivity contribution in [2.75, 3.05) is 32.7 Å². The largest absolute Gasteiger partial charge is 0.381 e. The second kappa shape index (κ2) is 6.92. The lowest BCUT2D eigenvalue weighted by atomic mass is 10.2. The first kappa shape index (κ1) is 13.6. The van der Waals surface area contributed by atoms with E-state index in [1.165, 1.54) is 0 Å². The number of aromatic nitrogens is 2. The van der Waals surface area contributed by atoms with Gasteiger partial charge in [-0.05, 0) is 12.8 Å². The second-order valence-corrected chi connectivity index (χ2v) is 5.44. The average molecular weight is 269 g/mol. The lowest BCUT2D eigenvalue weighted by Gasteiger charge is -2.21. The average Bonchev–Trinajstić information content (AvgIpc) is 2.40. The van der Waals surface area contributed by atoms with Crippen LogP contribution < -0.4 is 5.32 Å². The number of hydrogen-bond donors (Lipinski definition) is 1. The van der Waals surface area contributed by atoms with Gasteiger partial charge in [0.05, 0.1) is 0 Å². The van der Waals surface area contributed by atoms with Crippen molar-refractivity contribution in [3.05, 3.63) is 11.9 Å². The van der Waals surface area contributed by atoms with Gasteiger partial charge < -0.3 is 14.8 Å². The van der Waals surface area contributed by atoms with Crippen LogP contribution in [0, 0.1) is 0 Å². The van der Waals surface area contributed by atoms with Crippen LogP contribution in [0.3, 0.4) is 0 Å². The molecule has 2 rings (SSSR count). The molecule has 1 saturated heterocycles. The van der Waals surface area contributed by atoms with Crippen molar-refractivity contribution in [3.63, 3.8) is 0 Å². The Labute approximate surface area is 112 Å². The van der Waals surface area contributed by atoms with Crippen LogP contribution >= 0.6 is 11.8 Å². The van der Waals surface area contributed by atoms with E-state index >= 15 is 0 Å². The number of rotatable bonds is 5. The van der Waals surface area contributed by atoms with Gasteiger partial charge >= 0.3 is 0 Å². The Morgan fingerprint density at radius 1 is 1.44 bits per heavy atom. The van der Waals surface area contributed by atoms with E-state index in [4.69, 9.17) is 9.47 Å². The van der Waals surface area contributed by atoms with Gasteiger partial charge in [-0.15, -0.1) is 11.8 Å². The molecule has 0 unspecified atom stereocenters. The van der Waals surface area contributed by atoms with Crippen molar-refractivity contribution in [1.82, 2.24) is 9.97 Å². The molecule has 5 nitrogen and oxygen atoms in total. The summed E-state index contributed by atoms with van der Waals surface area (Å²) in [5.74, 6) is 1.56. The zero-order valence-corrected chi connectivity index (χ0v) is 11.6. The van der Waals surface area contributed by atoms with Gasteiger partial charge in [0.2, 0.25) is 0 Å². The minimum absolute atomic E-state index is 0.441. The lowest BCUT2D eigenvalue weighted by molar-refractivity contribution is 0.1000. The number of methoxy groups -OCH3 is 1. The highest BCUT2D eigenvalue weighted by atomic mass is 32.2. The van der Waals surface area contributed by atoms with E-state index in [0.717, 1.165) is 42.7 Å². The number of thioether (sulfide) groups is 1. The highest BCUT2D eigenvalue weighted by Gasteiger charge is 2.16. The third-order valence-corrected chi connectivity index (χ3v) is 3.99. The van der Waals surface area contributed by atoms with E-state index < -0.39 is 0 Å². The van der Waals surface area contributed by atoms with Crippen LogP contribution in [0.15, 0.2) is 11.1 Å². The SMILES string of the molecule is CNc1cc(SC2CCOCC2)nc(COC)n1. The van der Waals surface area contributed by atoms with Crippen LogP contribution in [0.4, 0.5) is 5.82 Å². The Bertz CT molecular complexity index is 384. The molecule has 100 valence electrons. The second-order valence-electron chi connectivity index (χ2n) is 4.12. The number of anilines is 1. The maximum absolute atomic E-state index is 5.37. The molecule has 0 atom stereocenters. The van der Waals surface area contributed by atoms with E-state index in [0.29, 0.717) is 11.9 Å². The summed E-state index contributed by atoms with van der Waals surface area (Å²) in [4.78, 5) is 8.86. The lowest BCUT2D eigenvalue weighted by Crippen LogP contribution is -2.17. The first-order chi connectivity index (χ1) is 8.81. The predicted molar refractivity (Wildman–Crippen MR) is 72.0 cm³/mol. The molecular formula is C12H19N3O2S. The summed E-state index contributed by atoms with van der Waals surface area (Å²) in [6.45, 7) is 2.15. The zero-order chi connectivity index (χ0) is 12.8. The smallest absolute Gasteiger partial charge is 0.157 e. The van der Waals surface area contributed by atoms with Crippen molar-refractivity contribution in [2.24, 2.45) is 0 Å². The van der Waals surface area contributed by atoms with Gasteiger partial charge in [-0.2, -0.15) is 0 Å². The third kappa shape index (κ3) is 3.83. The Balaban J connectivity index is 2.07. The monoisotopic (exact) mass is 269 g/mol. The van der Waals surface area contributed by atoms with Crippen molar-refractivity contribution < 1.29 is 9.47 Å². The molecule has 1 N–H and O–H groups in total. The minimum atomic E-state index is 0.441. The predicted octanol–water partition coefficient (Wildman–Crippen LogP) is 1.94. The molecule has 1 aliphatic rings. The number of nitrogens with one attached hydrogen (secondary N) is 1. The summed E-state index contributed by atoms with van der Waals surface area (Å²) in [6, 6.07) is 1.99. The molecule has 0 amide bonds. The molecule has 1 aliphatic heterocycles. The molecular weight excluding hydrogens is 250 g/mol. The Kier molecular flexibility index (Phi) is 5.22. The van der Waals surface area contributed by atoms with Gasteiger partial charge in [-0.25, -0.2) is 9.97 Å². The van der Waals surface area contributed by atoms with E-state index in [9.17, 15) is 0 Å². The van der Waals surface area contributed by atoms with Gasteiger partial charge in [-0.1, -0.05) is 0 Å². The molecule has 1 fully saturated rings. The summed E-state index contributed by atoms with van der Waals surface area (Å²) < 4.78 is 10.5. The Morgan fingerprint density at radius 3 is 2.89 bits per heavy atom. The van der Waals surface area contributed by atoms with Gasteiger partial charge in [0.25, 0.3) is 0 Å². The van der Waals surface area contributed by atoms with Crippen LogP contribution in [-0.2, 0) is 16.1 Å². The molecule has 0 aliphatic carbocycles. The van der Waals surface area contributed by atoms with Gasteiger partial charge in [0.1, 0.15) is 17.5 Å². The summed E-state index contributed by atoms with van der Waals surface area (Å²) in [7, 11) is 3.52. The standard InChI is InChI=1S/C12H19N3O2S/c1-13-10-7-12(15-11(14-10)8-16-2)18-9-3-5-17-6-4-9/h7,9H,3-6,8H2,1-2H3,(H,13,14,15). The summed E-state index contributed by atoms with van der Waals surface area (Å²) in [5, 5.41) is 4.66. The molecule has 0 spiro atoms. The molecule has 0 saturated carbocycles. The van der Waals surface area contributed by atoms with Crippen molar-refractivity contribution in [3.8, 4) is 0 Å². The van der Waals surface area contributed by atoms with Gasteiger partial charge in [0.15, 0.2) is 5.82 Å². The number of ether oxygens (including phenoxy) is 2. The summed E-state index contributed by atoms with van der Waals surface area (Å²) >= 11 is 1.81. The van der Waals surface area contributed by atoms with Crippen molar-refractivity contribution in [2.45, 2.75) is 29.7 Å². The number of hydrogen-bond acceptors (Lipinski definition) is 6. The van der Waals surface area contributed by atoms with Crippen molar-refractivity contribution >= 4 is 17.6 Å². The fraction of sp³-hybridized carbons (Fsp3) is 0.667. The fourth-order valence-corrected chi connectivity index (χ4v) is 2.93. The molecule has 6 heteroatoms. The van der Waals surface area contributed by atoms with E-state index in [-0.39, 0.29) is 0 Å². The topological polar surface area (TPSA) is 56.3 Å². The van der Waals surface area contributed by atoms with Crippen LogP contribution in [0.2, 0.25) is 0 Å². The van der Waals surface area contributed by atoms with Crippen LogP contribution in [-0.4, -0.2) is 42.6 Å². The Morgan fingerprint density at radius 2 is 2.22 bits per heavy atom. The summed E-state index contributed by atoms with van der Waals surface area (Å²) in [5.41, 5.74) is 0. The quantitative estimate of drug-likeness (QED) is 0.824. The first-order valence-electron chi connectivity index (χ1n) is 6.11. The molecule has 1 aromatic heterocycles. The molecule has 2 heterocycles. The first-order valence-corrected chi connectivity index (χ1v) is 6.99. The van der Waals surface area contributed by atoms with Crippen molar-refractivity contribution in [1.29, 1.82) is 0 Å². The maximum Gasteiger partial charge on any atom is 0.157 e. The van der Waals surface area contributed by atoms with Gasteiger partial charge in [0, 0.05) is 38.7 Å². The molecule has 0 aromatic carbocycles. The minimum Gasteiger partial charge on any atom is -0.381 e. The molecule has 18 heavy (non-hydrogen) atoms. The maximum atomic E-state index is 5.37. The van der Waals surface area contributed by atoms with Crippen LogP contribution in [0.25, 0.3) is 0 Å². The molecule has 0 bridgehead atoms. The highest BCUT2D eigenvalue weighted by Crippen LogP contribution is 2.29. The fourth-order valence-electron chi connectivity index (χ4n) is 1.82. The zero-order valence-electron chi connectivity index (χ0n) is 10.8.